The van der Waals surface area contributed by atoms with E-state index < -0.39 is 95.2 Å². The molecule has 1 aliphatic carbocycles. The van der Waals surface area contributed by atoms with Crippen LogP contribution in [0.1, 0.15) is 94.8 Å². The van der Waals surface area contributed by atoms with E-state index in [1.165, 1.54) is 66.7 Å². The molecule has 3 aliphatic heterocycles. The van der Waals surface area contributed by atoms with E-state index in [-0.39, 0.29) is 68.0 Å². The molecule has 0 amide bonds. The number of hydrogen-bond acceptors (Lipinski definition) is 16. The molecule has 0 spiro atoms. The number of phenolic OH excluding ortho intramolecular Hbond substituents is 8. The molecule has 4 aliphatic rings. The van der Waals surface area contributed by atoms with Crippen LogP contribution in [0.15, 0.2) is 72.8 Å². The Bertz CT molecular complexity index is 2480. The third-order valence-corrected chi connectivity index (χ3v) is 12.7. The molecule has 13 N–H and O–H groups in total. The van der Waals surface area contributed by atoms with E-state index in [1.807, 2.05) is 0 Å². The minimum atomic E-state index is -1.69. The van der Waals surface area contributed by atoms with E-state index in [0.717, 1.165) is 6.07 Å². The van der Waals surface area contributed by atoms with Gasteiger partial charge in [0.2, 0.25) is 17.2 Å². The van der Waals surface area contributed by atoms with Gasteiger partial charge < -0.3 is 80.6 Å². The lowest BCUT2D eigenvalue weighted by atomic mass is 9.74. The van der Waals surface area contributed by atoms with E-state index in [4.69, 9.17) is 14.2 Å². The van der Waals surface area contributed by atoms with Crippen LogP contribution in [-0.4, -0.2) is 96.9 Å². The summed E-state index contributed by atoms with van der Waals surface area (Å²) >= 11 is 0. The normalized spacial score (nSPS) is 29.2. The van der Waals surface area contributed by atoms with Gasteiger partial charge in [0.05, 0.1) is 6.10 Å². The predicted molar refractivity (Wildman–Crippen MR) is 211 cm³/mol. The van der Waals surface area contributed by atoms with Gasteiger partial charge in [0.15, 0.2) is 46.7 Å². The average molecular weight is 841 g/mol. The van der Waals surface area contributed by atoms with Crippen molar-refractivity contribution in [3.63, 3.8) is 0 Å². The number of phenols is 8. The molecule has 0 saturated heterocycles. The van der Waals surface area contributed by atoms with E-state index in [1.54, 1.807) is 0 Å². The monoisotopic (exact) mass is 840 g/mol. The van der Waals surface area contributed by atoms with Crippen LogP contribution in [0.4, 0.5) is 0 Å². The van der Waals surface area contributed by atoms with Crippen molar-refractivity contribution in [2.45, 2.75) is 86.4 Å². The largest absolute Gasteiger partial charge is 0.508 e. The van der Waals surface area contributed by atoms with Gasteiger partial charge in [0, 0.05) is 39.7 Å². The highest BCUT2D eigenvalue weighted by Gasteiger charge is 2.49. The Labute approximate surface area is 347 Å². The first-order valence-electron chi connectivity index (χ1n) is 19.8. The molecule has 320 valence electrons. The number of aliphatic hydroxyl groups is 5. The SMILES string of the molecule is Oc1ccc([C@H]2Oc3c(ccc(O)c3O)[C@H](c3cc4c(c(O)c3O)O[C@H](c3ccc(O)cc3)[C@H](O)[C@H]4c3cc4c(c(O)c3O)O[C@H](C3CCC(O)CC3)[C@H](O)[C@@H]4O)[C@H]2O)cc1. The number of benzene rings is 5. The predicted octanol–water partition coefficient (Wildman–Crippen LogP) is 4.29. The molecule has 16 nitrogen and oxygen atoms in total. The molecule has 0 unspecified atom stereocenters. The van der Waals surface area contributed by atoms with Crippen LogP contribution in [0.3, 0.4) is 0 Å². The molecule has 9 atom stereocenters. The highest BCUT2D eigenvalue weighted by atomic mass is 16.5. The number of aliphatic hydroxyl groups excluding tert-OH is 5. The number of hydrogen-bond donors (Lipinski definition) is 13. The third kappa shape index (κ3) is 6.49. The topological polar surface area (TPSA) is 291 Å². The molecule has 16 heteroatoms. The number of ether oxygens (including phenoxy) is 3. The first-order valence-corrected chi connectivity index (χ1v) is 19.8. The second-order valence-electron chi connectivity index (χ2n) is 16.3. The van der Waals surface area contributed by atoms with Crippen LogP contribution in [0.2, 0.25) is 0 Å². The Morgan fingerprint density at radius 3 is 1.39 bits per heavy atom. The van der Waals surface area contributed by atoms with Crippen molar-refractivity contribution in [3.8, 4) is 63.2 Å². The third-order valence-electron chi connectivity index (χ3n) is 12.7. The maximum Gasteiger partial charge on any atom is 0.201 e. The zero-order valence-electron chi connectivity index (χ0n) is 32.1. The fourth-order valence-corrected chi connectivity index (χ4v) is 9.53. The van der Waals surface area contributed by atoms with E-state index in [0.29, 0.717) is 31.2 Å². The molecular weight excluding hydrogens is 796 g/mol. The Balaban J connectivity index is 1.22. The van der Waals surface area contributed by atoms with Gasteiger partial charge in [-0.2, -0.15) is 0 Å². The Kier molecular flexibility index (Phi) is 9.87. The lowest BCUT2D eigenvalue weighted by molar-refractivity contribution is -0.0981. The molecule has 0 radical (unpaired) electrons. The zero-order valence-corrected chi connectivity index (χ0v) is 32.1. The fraction of sp³-hybridized carbons (Fsp3) is 0.333. The lowest BCUT2D eigenvalue weighted by Crippen LogP contribution is -2.46. The highest BCUT2D eigenvalue weighted by Crippen LogP contribution is 2.60. The number of aromatic hydroxyl groups is 8. The summed E-state index contributed by atoms with van der Waals surface area (Å²) in [6.07, 6.45) is -8.78. The van der Waals surface area contributed by atoms with E-state index in [2.05, 4.69) is 0 Å². The smallest absolute Gasteiger partial charge is 0.201 e. The maximum atomic E-state index is 12.3. The quantitative estimate of drug-likeness (QED) is 0.110. The molecular formula is C45H44O16. The average Bonchev–Trinajstić information content (AvgIpc) is 3.24. The van der Waals surface area contributed by atoms with Gasteiger partial charge in [-0.1, -0.05) is 30.3 Å². The van der Waals surface area contributed by atoms with Crippen molar-refractivity contribution >= 4 is 0 Å². The van der Waals surface area contributed by atoms with Gasteiger partial charge in [0.25, 0.3) is 0 Å². The second-order valence-corrected chi connectivity index (χ2v) is 16.3. The number of rotatable bonds is 5. The molecule has 0 aromatic heterocycles. The minimum absolute atomic E-state index is 0.0637. The molecule has 5 aromatic carbocycles. The summed E-state index contributed by atoms with van der Waals surface area (Å²) in [6.45, 7) is 0. The molecule has 1 saturated carbocycles. The van der Waals surface area contributed by atoms with E-state index in [9.17, 15) is 66.4 Å². The summed E-state index contributed by atoms with van der Waals surface area (Å²) in [5.74, 6) is -8.78. The second kappa shape index (κ2) is 15.0. The summed E-state index contributed by atoms with van der Waals surface area (Å²) in [7, 11) is 0. The fourth-order valence-electron chi connectivity index (χ4n) is 9.53. The van der Waals surface area contributed by atoms with Gasteiger partial charge in [-0.15, -0.1) is 0 Å². The van der Waals surface area contributed by atoms with Crippen LogP contribution >= 0.6 is 0 Å². The Morgan fingerprint density at radius 1 is 0.410 bits per heavy atom. The minimum Gasteiger partial charge on any atom is -0.508 e. The van der Waals surface area contributed by atoms with Crippen molar-refractivity contribution in [2.75, 3.05) is 0 Å². The summed E-state index contributed by atoms with van der Waals surface area (Å²) in [5, 5.41) is 146. The molecule has 1 fully saturated rings. The maximum absolute atomic E-state index is 12.3. The molecule has 5 aromatic rings. The van der Waals surface area contributed by atoms with Gasteiger partial charge in [-0.3, -0.25) is 0 Å². The van der Waals surface area contributed by atoms with Crippen LogP contribution in [0.25, 0.3) is 0 Å². The molecule has 3 heterocycles. The number of fused-ring (bicyclic) bond motifs is 3. The van der Waals surface area contributed by atoms with Crippen molar-refractivity contribution in [2.24, 2.45) is 5.92 Å². The van der Waals surface area contributed by atoms with Crippen molar-refractivity contribution in [1.29, 1.82) is 0 Å². The highest BCUT2D eigenvalue weighted by molar-refractivity contribution is 5.69. The van der Waals surface area contributed by atoms with Crippen LogP contribution in [0, 0.1) is 5.92 Å². The molecule has 61 heavy (non-hydrogen) atoms. The van der Waals surface area contributed by atoms with Gasteiger partial charge >= 0.3 is 0 Å². The standard InChI is InChI=1S/C45H44O16/c46-20-7-1-17(2-8-20)40-35(54)29(23-13-14-28(49)34(53)43(23)59-40)24-15-26-30(36(55)41(18-3-9-21(47)10-4-18)60-44(26)38(57)31(24)50)25-16-27-33(52)37(56)42(19-5-11-22(48)12-6-19)61-45(27)39(58)32(25)51/h1-4,7-10,13-16,19,22,29-30,33,35-37,40-42,46-58H,5-6,11-12H2/t19?,22?,29-,30+,33-,35-,36-,37-,40-,41-,42-/m1/s1. The van der Waals surface area contributed by atoms with Crippen LogP contribution in [-0.2, 0) is 0 Å². The van der Waals surface area contributed by atoms with Gasteiger partial charge in [-0.05, 0) is 85.2 Å². The van der Waals surface area contributed by atoms with Crippen molar-refractivity contribution in [3.05, 3.63) is 112 Å². The first-order chi connectivity index (χ1) is 29.1. The summed E-state index contributed by atoms with van der Waals surface area (Å²) < 4.78 is 18.4. The Morgan fingerprint density at radius 2 is 0.869 bits per heavy atom. The Hall–Kier alpha value is -6.30. The van der Waals surface area contributed by atoms with E-state index >= 15 is 0 Å². The summed E-state index contributed by atoms with van der Waals surface area (Å²) in [6, 6.07) is 16.2. The van der Waals surface area contributed by atoms with Crippen molar-refractivity contribution in [1.82, 2.24) is 0 Å². The lowest BCUT2D eigenvalue weighted by Gasteiger charge is -2.42. The van der Waals surface area contributed by atoms with Gasteiger partial charge in [-0.25, -0.2) is 0 Å². The molecule has 9 rings (SSSR count). The van der Waals surface area contributed by atoms with Crippen LogP contribution in [0.5, 0.6) is 63.2 Å². The van der Waals surface area contributed by atoms with Crippen LogP contribution < -0.4 is 14.2 Å². The van der Waals surface area contributed by atoms with Gasteiger partial charge in [0.1, 0.15) is 42.0 Å². The summed E-state index contributed by atoms with van der Waals surface area (Å²) in [4.78, 5) is 0. The van der Waals surface area contributed by atoms with Crippen molar-refractivity contribution < 1.29 is 80.6 Å². The molecule has 0 bridgehead atoms. The first kappa shape index (κ1) is 40.1. The summed E-state index contributed by atoms with van der Waals surface area (Å²) in [5.41, 5.74) is 0.0400. The zero-order chi connectivity index (χ0) is 43.2.